The number of carbonyl (C=O) groups is 2. The van der Waals surface area contributed by atoms with E-state index >= 15 is 0 Å². The average Bonchev–Trinajstić information content (AvgIpc) is 3.10. The molecule has 0 spiro atoms. The molecule has 0 bridgehead atoms. The molecule has 180 valence electrons. The van der Waals surface area contributed by atoms with Crippen LogP contribution in [0.1, 0.15) is 31.0 Å². The van der Waals surface area contributed by atoms with Gasteiger partial charge >= 0.3 is 0 Å². The van der Waals surface area contributed by atoms with Crippen molar-refractivity contribution in [1.82, 2.24) is 0 Å². The number of ketones is 1. The summed E-state index contributed by atoms with van der Waals surface area (Å²) in [7, 11) is 0. The van der Waals surface area contributed by atoms with Crippen molar-refractivity contribution >= 4 is 23.1 Å². The summed E-state index contributed by atoms with van der Waals surface area (Å²) in [5.74, 6) is -4.51. The highest BCUT2D eigenvalue weighted by molar-refractivity contribution is 6.51. The number of amides is 1. The zero-order valence-corrected chi connectivity index (χ0v) is 19.0. The minimum Gasteiger partial charge on any atom is -0.507 e. The molecule has 0 aromatic heterocycles. The number of aliphatic hydroxyl groups excluding tert-OH is 1. The summed E-state index contributed by atoms with van der Waals surface area (Å²) in [6.45, 7) is 4.50. The molecule has 1 unspecified atom stereocenters. The van der Waals surface area contributed by atoms with E-state index in [0.29, 0.717) is 23.8 Å². The Balaban J connectivity index is 1.83. The predicted octanol–water partition coefficient (Wildman–Crippen LogP) is 5.77. The van der Waals surface area contributed by atoms with E-state index in [1.165, 1.54) is 24.3 Å². The van der Waals surface area contributed by atoms with Gasteiger partial charge in [-0.2, -0.15) is 0 Å². The lowest BCUT2D eigenvalue weighted by Gasteiger charge is -2.25. The second kappa shape index (κ2) is 9.66. The maximum Gasteiger partial charge on any atom is 0.300 e. The summed E-state index contributed by atoms with van der Waals surface area (Å²) < 4.78 is 46.8. The number of nitrogens with zero attached hydrogens (tertiary/aromatic N) is 1. The van der Waals surface area contributed by atoms with Crippen molar-refractivity contribution in [3.8, 4) is 5.75 Å². The van der Waals surface area contributed by atoms with E-state index in [9.17, 15) is 27.9 Å². The van der Waals surface area contributed by atoms with Crippen LogP contribution >= 0.6 is 0 Å². The van der Waals surface area contributed by atoms with Gasteiger partial charge in [0.25, 0.3) is 11.7 Å². The SMILES string of the molecule is CC(C)COc1ccc(/C(O)=C2\C(=O)C(=O)N(c3ccc(F)c(F)c3)C2c2ccc(F)cc2)cc1. The zero-order chi connectivity index (χ0) is 25.3. The Morgan fingerprint density at radius 2 is 1.60 bits per heavy atom. The van der Waals surface area contributed by atoms with Crippen molar-refractivity contribution in [3.05, 3.63) is 101 Å². The number of halogens is 3. The Labute approximate surface area is 200 Å². The van der Waals surface area contributed by atoms with Crippen LogP contribution in [0, 0.1) is 23.4 Å². The molecule has 0 aliphatic carbocycles. The molecule has 35 heavy (non-hydrogen) atoms. The number of carbonyl (C=O) groups excluding carboxylic acids is 2. The van der Waals surface area contributed by atoms with Gasteiger partial charge in [0.05, 0.1) is 18.2 Å². The fourth-order valence-electron chi connectivity index (χ4n) is 3.82. The third-order valence-electron chi connectivity index (χ3n) is 5.52. The van der Waals surface area contributed by atoms with Crippen molar-refractivity contribution in [1.29, 1.82) is 0 Å². The van der Waals surface area contributed by atoms with Crippen LogP contribution in [0.4, 0.5) is 18.9 Å². The summed E-state index contributed by atoms with van der Waals surface area (Å²) >= 11 is 0. The van der Waals surface area contributed by atoms with Gasteiger partial charge in [-0.05, 0) is 60.0 Å². The van der Waals surface area contributed by atoms with Gasteiger partial charge in [0.1, 0.15) is 17.3 Å². The van der Waals surface area contributed by atoms with Gasteiger partial charge in [-0.1, -0.05) is 26.0 Å². The molecule has 0 saturated carbocycles. The third-order valence-corrected chi connectivity index (χ3v) is 5.52. The molecule has 5 nitrogen and oxygen atoms in total. The Hall–Kier alpha value is -4.07. The van der Waals surface area contributed by atoms with Gasteiger partial charge in [0, 0.05) is 17.3 Å². The highest BCUT2D eigenvalue weighted by Crippen LogP contribution is 2.42. The number of benzene rings is 3. The lowest BCUT2D eigenvalue weighted by atomic mass is 9.95. The van der Waals surface area contributed by atoms with Gasteiger partial charge in [0.2, 0.25) is 0 Å². The quantitative estimate of drug-likeness (QED) is 0.276. The van der Waals surface area contributed by atoms with Crippen LogP contribution in [-0.4, -0.2) is 23.4 Å². The van der Waals surface area contributed by atoms with Gasteiger partial charge in [-0.15, -0.1) is 0 Å². The van der Waals surface area contributed by atoms with Crippen LogP contribution in [0.2, 0.25) is 0 Å². The number of hydrogen-bond donors (Lipinski definition) is 1. The van der Waals surface area contributed by atoms with E-state index in [-0.39, 0.29) is 16.8 Å². The molecule has 3 aromatic rings. The third kappa shape index (κ3) is 4.77. The molecule has 1 amide bonds. The Kier molecular flexibility index (Phi) is 6.64. The van der Waals surface area contributed by atoms with E-state index < -0.39 is 40.9 Å². The van der Waals surface area contributed by atoms with Gasteiger partial charge in [-0.3, -0.25) is 14.5 Å². The van der Waals surface area contributed by atoms with Crippen LogP contribution in [0.3, 0.4) is 0 Å². The second-order valence-corrected chi connectivity index (χ2v) is 8.55. The first-order chi connectivity index (χ1) is 16.7. The molecule has 0 radical (unpaired) electrons. The fraction of sp³-hybridized carbons (Fsp3) is 0.185. The van der Waals surface area contributed by atoms with Crippen LogP contribution in [0.15, 0.2) is 72.3 Å². The van der Waals surface area contributed by atoms with Crippen LogP contribution in [0.5, 0.6) is 5.75 Å². The number of ether oxygens (including phenoxy) is 1. The molecule has 1 fully saturated rings. The molecule has 1 atom stereocenters. The van der Waals surface area contributed by atoms with Crippen molar-refractivity contribution in [2.45, 2.75) is 19.9 Å². The lowest BCUT2D eigenvalue weighted by molar-refractivity contribution is -0.132. The molecule has 8 heteroatoms. The lowest BCUT2D eigenvalue weighted by Crippen LogP contribution is -2.29. The van der Waals surface area contributed by atoms with Crippen molar-refractivity contribution < 1.29 is 32.6 Å². The molecule has 1 saturated heterocycles. The van der Waals surface area contributed by atoms with Crippen LogP contribution in [-0.2, 0) is 9.59 Å². The van der Waals surface area contributed by atoms with E-state index in [4.69, 9.17) is 4.74 Å². The standard InChI is InChI=1S/C27H22F3NO4/c1-15(2)14-35-20-10-5-17(6-11-20)25(32)23-24(16-3-7-18(28)8-4-16)31(27(34)26(23)33)19-9-12-21(29)22(30)13-19/h3-13,15,24,32H,14H2,1-2H3/b25-23+. The number of Topliss-reactive ketones (excluding diaryl/α,β-unsaturated/α-hetero) is 1. The number of aliphatic hydroxyl groups is 1. The predicted molar refractivity (Wildman–Crippen MR) is 124 cm³/mol. The molecule has 1 heterocycles. The van der Waals surface area contributed by atoms with E-state index in [1.54, 1.807) is 12.1 Å². The normalized spacial score (nSPS) is 17.3. The smallest absolute Gasteiger partial charge is 0.300 e. The summed E-state index contributed by atoms with van der Waals surface area (Å²) in [5, 5.41) is 11.1. The molecule has 1 aliphatic rings. The fourth-order valence-corrected chi connectivity index (χ4v) is 3.82. The van der Waals surface area contributed by atoms with Crippen molar-refractivity contribution in [2.24, 2.45) is 5.92 Å². The van der Waals surface area contributed by atoms with Crippen molar-refractivity contribution in [3.63, 3.8) is 0 Å². The summed E-state index contributed by atoms with van der Waals surface area (Å²) in [4.78, 5) is 27.1. The first-order valence-corrected chi connectivity index (χ1v) is 10.9. The van der Waals surface area contributed by atoms with Gasteiger partial charge in [-0.25, -0.2) is 13.2 Å². The highest BCUT2D eigenvalue weighted by Gasteiger charge is 2.47. The highest BCUT2D eigenvalue weighted by atomic mass is 19.2. The van der Waals surface area contributed by atoms with Crippen molar-refractivity contribution in [2.75, 3.05) is 11.5 Å². The second-order valence-electron chi connectivity index (χ2n) is 8.55. The Morgan fingerprint density at radius 1 is 0.943 bits per heavy atom. The van der Waals surface area contributed by atoms with Gasteiger partial charge < -0.3 is 9.84 Å². The topological polar surface area (TPSA) is 66.8 Å². The number of hydrogen-bond acceptors (Lipinski definition) is 4. The zero-order valence-electron chi connectivity index (χ0n) is 19.0. The van der Waals surface area contributed by atoms with E-state index in [0.717, 1.165) is 35.2 Å². The minimum atomic E-state index is -1.21. The number of rotatable bonds is 6. The minimum absolute atomic E-state index is 0.0863. The molecule has 1 aliphatic heterocycles. The first-order valence-electron chi connectivity index (χ1n) is 10.9. The Bertz CT molecular complexity index is 1300. The molecule has 1 N–H and O–H groups in total. The average molecular weight is 481 g/mol. The molecular formula is C27H22F3NO4. The van der Waals surface area contributed by atoms with Crippen LogP contribution in [0.25, 0.3) is 5.76 Å². The molecular weight excluding hydrogens is 459 g/mol. The maximum atomic E-state index is 14.0. The molecule has 4 rings (SSSR count). The number of anilines is 1. The summed E-state index contributed by atoms with van der Waals surface area (Å²) in [6.07, 6.45) is 0. The largest absolute Gasteiger partial charge is 0.507 e. The maximum absolute atomic E-state index is 14.0. The van der Waals surface area contributed by atoms with E-state index in [2.05, 4.69) is 0 Å². The Morgan fingerprint density at radius 3 is 2.20 bits per heavy atom. The van der Waals surface area contributed by atoms with E-state index in [1.807, 2.05) is 13.8 Å². The van der Waals surface area contributed by atoms with Crippen LogP contribution < -0.4 is 9.64 Å². The summed E-state index contributed by atoms with van der Waals surface area (Å²) in [5.41, 5.74) is 0.199. The summed E-state index contributed by atoms with van der Waals surface area (Å²) in [6, 6.07) is 12.9. The molecule has 3 aromatic carbocycles. The first kappa shape index (κ1) is 24.1. The van der Waals surface area contributed by atoms with Gasteiger partial charge in [0.15, 0.2) is 11.6 Å². The monoisotopic (exact) mass is 481 g/mol.